The first-order valence-electron chi connectivity index (χ1n) is 9.66. The van der Waals surface area contributed by atoms with Crippen LogP contribution in [0.5, 0.6) is 11.5 Å². The molecule has 1 aliphatic heterocycles. The molecule has 1 N–H and O–H groups in total. The van der Waals surface area contributed by atoms with Gasteiger partial charge in [0.15, 0.2) is 17.5 Å². The maximum Gasteiger partial charge on any atom is 0.331 e. The van der Waals surface area contributed by atoms with E-state index in [1.165, 1.54) is 26.3 Å². The zero-order valence-corrected chi connectivity index (χ0v) is 17.2. The summed E-state index contributed by atoms with van der Waals surface area (Å²) in [6, 6.07) is 0.450. The first kappa shape index (κ1) is 22.6. The maximum atomic E-state index is 12.8. The third kappa shape index (κ3) is 6.42. The Morgan fingerprint density at radius 3 is 2.76 bits per heavy atom. The van der Waals surface area contributed by atoms with Crippen molar-refractivity contribution in [1.82, 2.24) is 10.3 Å². The van der Waals surface area contributed by atoms with E-state index in [1.54, 1.807) is 0 Å². The minimum atomic E-state index is -1.01. The Hall–Kier alpha value is -2.68. The molecule has 29 heavy (non-hydrogen) atoms. The molecule has 0 bridgehead atoms. The van der Waals surface area contributed by atoms with Crippen molar-refractivity contribution in [3.8, 4) is 11.5 Å². The quantitative estimate of drug-likeness (QED) is 0.710. The second-order valence-corrected chi connectivity index (χ2v) is 6.99. The largest absolute Gasteiger partial charge is 0.493 e. The summed E-state index contributed by atoms with van der Waals surface area (Å²) in [5, 5.41) is 2.56. The highest BCUT2D eigenvalue weighted by molar-refractivity contribution is 5.98. The second-order valence-electron chi connectivity index (χ2n) is 6.99. The fourth-order valence-electron chi connectivity index (χ4n) is 3.22. The van der Waals surface area contributed by atoms with Gasteiger partial charge in [-0.05, 0) is 25.7 Å². The molecule has 0 radical (unpaired) electrons. The number of carbonyl (C=O) groups excluding carboxylic acids is 3. The number of rotatable bonds is 6. The van der Waals surface area contributed by atoms with Crippen LogP contribution in [-0.4, -0.2) is 55.3 Å². The number of amides is 1. The predicted octanol–water partition coefficient (Wildman–Crippen LogP) is 1.88. The summed E-state index contributed by atoms with van der Waals surface area (Å²) in [7, 11) is 1.38. The summed E-state index contributed by atoms with van der Waals surface area (Å²) in [6.45, 7) is 5.58. The van der Waals surface area contributed by atoms with Crippen molar-refractivity contribution in [1.29, 1.82) is 0 Å². The zero-order valence-electron chi connectivity index (χ0n) is 17.2. The fourth-order valence-corrected chi connectivity index (χ4v) is 3.22. The number of methoxy groups -OCH3 is 1. The molecule has 160 valence electrons. The molecule has 1 saturated heterocycles. The van der Waals surface area contributed by atoms with Gasteiger partial charge in [0, 0.05) is 25.8 Å². The Balaban J connectivity index is 2.18. The summed E-state index contributed by atoms with van der Waals surface area (Å²) in [4.78, 5) is 40.7. The number of cyclic esters (lactones) is 1. The number of carbonyl (C=O) groups is 3. The van der Waals surface area contributed by atoms with E-state index >= 15 is 0 Å². The number of aromatic nitrogens is 1. The molecule has 3 atom stereocenters. The van der Waals surface area contributed by atoms with Gasteiger partial charge in [-0.2, -0.15) is 0 Å². The van der Waals surface area contributed by atoms with Crippen molar-refractivity contribution in [2.75, 3.05) is 20.3 Å². The topological polar surface area (TPSA) is 113 Å². The molecule has 1 aliphatic rings. The Morgan fingerprint density at radius 1 is 1.34 bits per heavy atom. The van der Waals surface area contributed by atoms with Crippen molar-refractivity contribution in [3.63, 3.8) is 0 Å². The van der Waals surface area contributed by atoms with Crippen LogP contribution in [0.2, 0.25) is 0 Å². The molecule has 0 saturated carbocycles. The average molecular weight is 408 g/mol. The van der Waals surface area contributed by atoms with Crippen molar-refractivity contribution >= 4 is 17.8 Å². The SMILES string of the molecule is CCCC1COC[C@H](NC(=O)c2nccc(OC)c2OC(C)=O)C(=O)OC(C)C1. The van der Waals surface area contributed by atoms with Gasteiger partial charge >= 0.3 is 11.9 Å². The van der Waals surface area contributed by atoms with Crippen LogP contribution in [-0.2, 0) is 19.1 Å². The average Bonchev–Trinajstić information content (AvgIpc) is 2.72. The highest BCUT2D eigenvalue weighted by atomic mass is 16.6. The molecule has 1 amide bonds. The normalized spacial score (nSPS) is 22.5. The maximum absolute atomic E-state index is 12.8. The molecule has 0 aliphatic carbocycles. The van der Waals surface area contributed by atoms with Crippen LogP contribution in [0.1, 0.15) is 50.5 Å². The third-order valence-corrected chi connectivity index (χ3v) is 4.46. The summed E-state index contributed by atoms with van der Waals surface area (Å²) >= 11 is 0. The van der Waals surface area contributed by atoms with Crippen LogP contribution < -0.4 is 14.8 Å². The van der Waals surface area contributed by atoms with Crippen LogP contribution in [0.3, 0.4) is 0 Å². The van der Waals surface area contributed by atoms with Gasteiger partial charge in [0.25, 0.3) is 5.91 Å². The summed E-state index contributed by atoms with van der Waals surface area (Å²) in [6.07, 6.45) is 3.74. The van der Waals surface area contributed by atoms with Crippen molar-refractivity contribution in [2.24, 2.45) is 5.92 Å². The highest BCUT2D eigenvalue weighted by Crippen LogP contribution is 2.29. The number of hydrogen-bond acceptors (Lipinski definition) is 8. The molecular weight excluding hydrogens is 380 g/mol. The molecule has 9 nitrogen and oxygen atoms in total. The third-order valence-electron chi connectivity index (χ3n) is 4.46. The van der Waals surface area contributed by atoms with Crippen molar-refractivity contribution < 1.29 is 33.3 Å². The molecule has 1 aromatic heterocycles. The van der Waals surface area contributed by atoms with Gasteiger partial charge in [0.1, 0.15) is 0 Å². The number of hydrogen-bond donors (Lipinski definition) is 1. The van der Waals surface area contributed by atoms with Crippen LogP contribution >= 0.6 is 0 Å². The summed E-state index contributed by atoms with van der Waals surface area (Å²) in [5.74, 6) is -1.58. The van der Waals surface area contributed by atoms with Gasteiger partial charge in [-0.1, -0.05) is 13.3 Å². The van der Waals surface area contributed by atoms with Gasteiger partial charge in [0.2, 0.25) is 5.75 Å². The Bertz CT molecular complexity index is 738. The van der Waals surface area contributed by atoms with E-state index in [9.17, 15) is 14.4 Å². The van der Waals surface area contributed by atoms with E-state index in [4.69, 9.17) is 18.9 Å². The minimum absolute atomic E-state index is 0.0234. The van der Waals surface area contributed by atoms with Gasteiger partial charge in [-0.15, -0.1) is 0 Å². The predicted molar refractivity (Wildman–Crippen MR) is 103 cm³/mol. The lowest BCUT2D eigenvalue weighted by atomic mass is 9.98. The first-order valence-corrected chi connectivity index (χ1v) is 9.66. The molecule has 2 unspecified atom stereocenters. The van der Waals surface area contributed by atoms with Gasteiger partial charge in [0.05, 0.1) is 19.8 Å². The molecule has 0 spiro atoms. The number of ether oxygens (including phenoxy) is 4. The van der Waals surface area contributed by atoms with E-state index in [0.717, 1.165) is 12.8 Å². The van der Waals surface area contributed by atoms with Crippen molar-refractivity contribution in [2.45, 2.75) is 52.2 Å². The zero-order chi connectivity index (χ0) is 21.4. The van der Waals surface area contributed by atoms with Crippen molar-refractivity contribution in [3.05, 3.63) is 18.0 Å². The molecular formula is C20H28N2O7. The summed E-state index contributed by atoms with van der Waals surface area (Å²) in [5.41, 5.74) is -0.177. The number of pyridine rings is 1. The highest BCUT2D eigenvalue weighted by Gasteiger charge is 2.30. The molecule has 2 rings (SSSR count). The standard InChI is InChI=1S/C20H28N2O7/c1-5-6-14-9-12(2)28-20(25)15(11-27-10-14)22-19(24)17-18(29-13(3)23)16(26-4)7-8-21-17/h7-8,12,14-15H,5-6,9-11H2,1-4H3,(H,22,24)/t12?,14?,15-/m0/s1. The smallest absolute Gasteiger partial charge is 0.331 e. The first-order chi connectivity index (χ1) is 13.8. The minimum Gasteiger partial charge on any atom is -0.493 e. The van der Waals surface area contributed by atoms with Gasteiger partial charge < -0.3 is 24.3 Å². The molecule has 1 aromatic rings. The Morgan fingerprint density at radius 2 is 2.10 bits per heavy atom. The fraction of sp³-hybridized carbons (Fsp3) is 0.600. The lowest BCUT2D eigenvalue weighted by molar-refractivity contribution is -0.151. The van der Waals surface area contributed by atoms with Crippen LogP contribution in [0.4, 0.5) is 0 Å². The summed E-state index contributed by atoms with van der Waals surface area (Å²) < 4.78 is 21.4. The lowest BCUT2D eigenvalue weighted by Gasteiger charge is -2.19. The number of nitrogens with one attached hydrogen (secondary N) is 1. The Kier molecular flexibility index (Phi) is 8.38. The van der Waals surface area contributed by atoms with E-state index < -0.39 is 23.9 Å². The molecule has 0 aromatic carbocycles. The van der Waals surface area contributed by atoms with Gasteiger partial charge in [-0.25, -0.2) is 9.78 Å². The van der Waals surface area contributed by atoms with E-state index in [2.05, 4.69) is 17.2 Å². The number of esters is 2. The van der Waals surface area contributed by atoms with E-state index in [-0.39, 0.29) is 35.8 Å². The number of nitrogens with zero attached hydrogens (tertiary/aromatic N) is 1. The van der Waals surface area contributed by atoms with Crippen LogP contribution in [0.25, 0.3) is 0 Å². The molecule has 2 heterocycles. The lowest BCUT2D eigenvalue weighted by Crippen LogP contribution is -2.45. The second kappa shape index (κ2) is 10.8. The van der Waals surface area contributed by atoms with Crippen LogP contribution in [0, 0.1) is 5.92 Å². The van der Waals surface area contributed by atoms with Gasteiger partial charge in [-0.3, -0.25) is 9.59 Å². The molecule has 9 heteroatoms. The Labute approximate surface area is 170 Å². The molecule has 1 fully saturated rings. The monoisotopic (exact) mass is 408 g/mol. The van der Waals surface area contributed by atoms with E-state index in [1.807, 2.05) is 6.92 Å². The van der Waals surface area contributed by atoms with E-state index in [0.29, 0.717) is 13.0 Å². The van der Waals surface area contributed by atoms with Crippen LogP contribution in [0.15, 0.2) is 12.3 Å².